The van der Waals surface area contributed by atoms with Gasteiger partial charge in [-0.15, -0.1) is 6.58 Å². The van der Waals surface area contributed by atoms with Gasteiger partial charge in [-0.3, -0.25) is 9.78 Å². The summed E-state index contributed by atoms with van der Waals surface area (Å²) in [5.74, 6) is -0.823. The van der Waals surface area contributed by atoms with E-state index in [-0.39, 0.29) is 55.4 Å². The maximum absolute atomic E-state index is 15.6. The number of fused-ring (bicyclic) bond motifs is 3. The number of aliphatic hydroxyl groups is 2. The second-order valence-electron chi connectivity index (χ2n) is 17.7. The number of aldehydes is 1. The largest absolute Gasteiger partial charge is 0.496 e. The highest BCUT2D eigenvalue weighted by Gasteiger charge is 2.66. The molecule has 4 aliphatic rings. The fourth-order valence-corrected chi connectivity index (χ4v) is 12.6. The molecule has 8 rings (SSSR count). The van der Waals surface area contributed by atoms with Gasteiger partial charge < -0.3 is 38.7 Å². The van der Waals surface area contributed by atoms with Crippen molar-refractivity contribution >= 4 is 32.9 Å². The molecule has 67 heavy (non-hydrogen) atoms. The topological polar surface area (TPSA) is 176 Å². The van der Waals surface area contributed by atoms with Crippen LogP contribution in [0.25, 0.3) is 10.9 Å². The van der Waals surface area contributed by atoms with Crippen LogP contribution in [0.5, 0.6) is 23.0 Å². The summed E-state index contributed by atoms with van der Waals surface area (Å²) in [4.78, 5) is 23.0. The predicted molar refractivity (Wildman–Crippen MR) is 254 cm³/mol. The quantitative estimate of drug-likeness (QED) is 0.0332. The van der Waals surface area contributed by atoms with Gasteiger partial charge in [-0.2, -0.15) is 4.31 Å². The zero-order valence-corrected chi connectivity index (χ0v) is 39.3. The molecular weight excluding hydrogens is 875 g/mol. The Labute approximate surface area is 393 Å². The number of sulfonamides is 1. The number of unbranched alkanes of at least 4 members (excludes halogenated alkanes) is 2. The summed E-state index contributed by atoms with van der Waals surface area (Å²) in [5, 5.41) is 25.7. The minimum Gasteiger partial charge on any atom is -0.496 e. The van der Waals surface area contributed by atoms with E-state index in [0.29, 0.717) is 77.5 Å². The number of benzene rings is 3. The van der Waals surface area contributed by atoms with E-state index in [2.05, 4.69) is 17.6 Å². The van der Waals surface area contributed by atoms with Crippen LogP contribution in [0.4, 0.5) is 0 Å². The number of hydrogen-bond acceptors (Lipinski definition) is 13. The standard InChI is InChI=1S/C52H63N3O11S/c1-4-25-55(67(59,60)46-18-12-15-35-16-13-24-53-51(35)46)47-33-43(54-66-48-19-8-11-29-62-48)41-31-36(14-6-9-26-56)40(17-7-10-27-57)49-42-32-39(64-38-20-22-44(61-3)37(30-38)34-58)21-23-45(42)65-52(47,50(41)49)63-28-5-2/h5,12-13,15-16,18,20-24,30-32,34,36,40,47-50,56-57H,2,4,6-11,14,17,19,25-29,33H2,1,3H3/t36-,40+,47-,48?,49+,50+,52+/m0/s1. The third-order valence-electron chi connectivity index (χ3n) is 13.6. The highest BCUT2D eigenvalue weighted by Crippen LogP contribution is 2.62. The SMILES string of the molecule is C=CCO[C@@]12Oc3ccc(Oc4ccc(OC)c(C=O)c4)cc3[C@H]3[C@H](CCCCO)[C@@H](CCCCO)C=C(C(=NOC4CCCCO4)C[C@@H]1N(CCC)S(=O)(=O)c1cccc4cccnc14)[C@H]32. The van der Waals surface area contributed by atoms with Crippen molar-refractivity contribution < 1.29 is 51.9 Å². The van der Waals surface area contributed by atoms with Crippen molar-refractivity contribution in [2.24, 2.45) is 22.9 Å². The van der Waals surface area contributed by atoms with Crippen molar-refractivity contribution in [1.82, 2.24) is 9.29 Å². The first-order valence-electron chi connectivity index (χ1n) is 23.7. The van der Waals surface area contributed by atoms with Crippen LogP contribution in [0, 0.1) is 17.8 Å². The van der Waals surface area contributed by atoms with Gasteiger partial charge >= 0.3 is 0 Å². The molecule has 3 heterocycles. The van der Waals surface area contributed by atoms with Crippen molar-refractivity contribution in [3.05, 3.63) is 108 Å². The molecule has 0 spiro atoms. The number of pyridine rings is 1. The highest BCUT2D eigenvalue weighted by atomic mass is 32.2. The summed E-state index contributed by atoms with van der Waals surface area (Å²) >= 11 is 0. The van der Waals surface area contributed by atoms with Gasteiger partial charge in [0.2, 0.25) is 22.1 Å². The van der Waals surface area contributed by atoms with E-state index in [1.807, 2.05) is 31.2 Å². The first-order valence-corrected chi connectivity index (χ1v) is 25.2. The number of aliphatic hydroxyl groups excluding tert-OH is 2. The van der Waals surface area contributed by atoms with Gasteiger partial charge in [-0.25, -0.2) is 8.42 Å². The maximum atomic E-state index is 15.6. The van der Waals surface area contributed by atoms with Crippen LogP contribution in [0.3, 0.4) is 0 Å². The van der Waals surface area contributed by atoms with E-state index in [1.165, 1.54) is 11.4 Å². The molecule has 0 amide bonds. The zero-order valence-electron chi connectivity index (χ0n) is 38.5. The number of methoxy groups -OCH3 is 1. The van der Waals surface area contributed by atoms with Crippen molar-refractivity contribution in [3.8, 4) is 23.0 Å². The van der Waals surface area contributed by atoms with Crippen LogP contribution >= 0.6 is 0 Å². The van der Waals surface area contributed by atoms with Crippen LogP contribution in [0.15, 0.2) is 107 Å². The number of hydrogen-bond donors (Lipinski definition) is 2. The molecule has 2 aliphatic carbocycles. The number of para-hydroxylation sites is 1. The molecule has 1 aromatic heterocycles. The second-order valence-corrected chi connectivity index (χ2v) is 19.6. The molecule has 1 unspecified atom stereocenters. The number of aromatic nitrogens is 1. The number of carbonyl (C=O) groups excluding carboxylic acids is 1. The van der Waals surface area contributed by atoms with Gasteiger partial charge in [0.15, 0.2) is 6.29 Å². The van der Waals surface area contributed by atoms with E-state index in [9.17, 15) is 15.0 Å². The number of ether oxygens (including phenoxy) is 5. The molecule has 1 saturated heterocycles. The summed E-state index contributed by atoms with van der Waals surface area (Å²) in [5.41, 5.74) is 2.97. The summed E-state index contributed by atoms with van der Waals surface area (Å²) in [7, 11) is -2.83. The Hall–Kier alpha value is -5.16. The number of allylic oxidation sites excluding steroid dienone is 1. The molecule has 2 aliphatic heterocycles. The third kappa shape index (κ3) is 9.90. The van der Waals surface area contributed by atoms with Crippen LogP contribution in [-0.2, 0) is 24.3 Å². The van der Waals surface area contributed by atoms with Crippen molar-refractivity contribution in [1.29, 1.82) is 0 Å². The molecular formula is C52H63N3O11S. The van der Waals surface area contributed by atoms with Gasteiger partial charge in [-0.1, -0.05) is 55.3 Å². The Morgan fingerprint density at radius 3 is 2.54 bits per heavy atom. The summed E-state index contributed by atoms with van der Waals surface area (Å²) in [6.07, 6.45) is 13.0. The Kier molecular flexibility index (Phi) is 15.8. The molecule has 3 aromatic carbocycles. The minimum atomic E-state index is -4.33. The average molecular weight is 938 g/mol. The summed E-state index contributed by atoms with van der Waals surface area (Å²) in [6, 6.07) is 18.5. The molecule has 15 heteroatoms. The lowest BCUT2D eigenvalue weighted by atomic mass is 9.55. The molecule has 358 valence electrons. The van der Waals surface area contributed by atoms with Gasteiger partial charge in [0.1, 0.15) is 27.9 Å². The molecule has 2 fully saturated rings. The molecule has 4 aromatic rings. The second kappa shape index (κ2) is 21.9. The summed E-state index contributed by atoms with van der Waals surface area (Å²) in [6.45, 7) is 6.82. The van der Waals surface area contributed by atoms with E-state index < -0.39 is 34.1 Å². The minimum absolute atomic E-state index is 0.0178. The number of rotatable bonds is 22. The Bertz CT molecular complexity index is 2540. The average Bonchev–Trinajstić information content (AvgIpc) is 3.35. The molecule has 7 atom stereocenters. The lowest BCUT2D eigenvalue weighted by molar-refractivity contribution is -0.251. The van der Waals surface area contributed by atoms with Crippen molar-refractivity contribution in [2.75, 3.05) is 40.1 Å². The highest BCUT2D eigenvalue weighted by molar-refractivity contribution is 7.89. The Morgan fingerprint density at radius 2 is 1.79 bits per heavy atom. The van der Waals surface area contributed by atoms with Crippen molar-refractivity contribution in [3.63, 3.8) is 0 Å². The number of oxime groups is 1. The third-order valence-corrected chi connectivity index (χ3v) is 15.5. The van der Waals surface area contributed by atoms with E-state index in [1.54, 1.807) is 54.7 Å². The van der Waals surface area contributed by atoms with E-state index in [0.717, 1.165) is 55.9 Å². The Morgan fingerprint density at radius 1 is 1.00 bits per heavy atom. The van der Waals surface area contributed by atoms with Crippen LogP contribution in [0.2, 0.25) is 0 Å². The lowest BCUT2D eigenvalue weighted by Crippen LogP contribution is -2.70. The van der Waals surface area contributed by atoms with Gasteiger partial charge in [0.05, 0.1) is 49.1 Å². The first kappa shape index (κ1) is 48.3. The van der Waals surface area contributed by atoms with Gasteiger partial charge in [0, 0.05) is 55.7 Å². The predicted octanol–water partition coefficient (Wildman–Crippen LogP) is 9.11. The Balaban J connectivity index is 1.36. The van der Waals surface area contributed by atoms with Crippen LogP contribution in [0.1, 0.15) is 99.4 Å². The molecule has 1 saturated carbocycles. The van der Waals surface area contributed by atoms with Gasteiger partial charge in [0.25, 0.3) is 0 Å². The van der Waals surface area contributed by atoms with Crippen LogP contribution < -0.4 is 14.2 Å². The maximum Gasteiger partial charge on any atom is 0.245 e. The molecule has 0 bridgehead atoms. The molecule has 14 nitrogen and oxygen atoms in total. The van der Waals surface area contributed by atoms with Crippen LogP contribution in [-0.4, -0.2) is 98.1 Å². The monoisotopic (exact) mass is 937 g/mol. The number of nitrogens with zero attached hydrogens (tertiary/aromatic N) is 3. The smallest absolute Gasteiger partial charge is 0.245 e. The first-order chi connectivity index (χ1) is 32.7. The lowest BCUT2D eigenvalue weighted by Gasteiger charge is -2.59. The van der Waals surface area contributed by atoms with E-state index >= 15 is 8.42 Å². The fourth-order valence-electron chi connectivity index (χ4n) is 10.7. The molecule has 0 radical (unpaired) electrons. The van der Waals surface area contributed by atoms with E-state index in [4.69, 9.17) is 33.7 Å². The zero-order chi connectivity index (χ0) is 47.0. The van der Waals surface area contributed by atoms with Crippen molar-refractivity contribution in [2.45, 2.75) is 106 Å². The number of carbonyl (C=O) groups is 1. The molecule has 2 N–H and O–H groups in total. The van der Waals surface area contributed by atoms with Gasteiger partial charge in [-0.05, 0) is 111 Å². The normalized spacial score (nSPS) is 25.1. The fraction of sp³-hybridized carbons (Fsp3) is 0.481. The summed E-state index contributed by atoms with van der Waals surface area (Å²) < 4.78 is 65.2.